The minimum atomic E-state index is -0.796. The van der Waals surface area contributed by atoms with Crippen molar-refractivity contribution in [3.8, 4) is 0 Å². The van der Waals surface area contributed by atoms with Crippen molar-refractivity contribution in [3.63, 3.8) is 0 Å². The maximum atomic E-state index is 12.9. The molecule has 0 aliphatic heterocycles. The Kier molecular flexibility index (Phi) is 67.2. The number of ether oxygens (including phenoxy) is 3. The van der Waals surface area contributed by atoms with Gasteiger partial charge in [0.15, 0.2) is 6.10 Å². The van der Waals surface area contributed by atoms with Crippen molar-refractivity contribution in [3.05, 3.63) is 85.1 Å². The number of hydrogen-bond acceptors (Lipinski definition) is 6. The van der Waals surface area contributed by atoms with Gasteiger partial charge >= 0.3 is 17.9 Å². The monoisotopic (exact) mass is 1140 g/mol. The number of unbranched alkanes of at least 4 members (excludes halogenated alkanes) is 40. The number of carbonyl (C=O) groups is 3. The lowest BCUT2D eigenvalue weighted by Crippen LogP contribution is -2.30. The fraction of sp³-hybridized carbons (Fsp3) is 0.776. The maximum absolute atomic E-state index is 12.9. The van der Waals surface area contributed by atoms with Crippen molar-refractivity contribution in [2.45, 2.75) is 367 Å². The molecular weight excluding hydrogens is 1010 g/mol. The molecule has 474 valence electrons. The van der Waals surface area contributed by atoms with Crippen molar-refractivity contribution >= 4 is 17.9 Å². The third kappa shape index (κ3) is 67.4. The van der Waals surface area contributed by atoms with E-state index < -0.39 is 6.10 Å². The van der Waals surface area contributed by atoms with Crippen LogP contribution >= 0.6 is 0 Å². The predicted molar refractivity (Wildman–Crippen MR) is 358 cm³/mol. The summed E-state index contributed by atoms with van der Waals surface area (Å²) in [6.45, 7) is 6.52. The van der Waals surface area contributed by atoms with Gasteiger partial charge in [-0.1, -0.05) is 311 Å². The largest absolute Gasteiger partial charge is 0.462 e. The fourth-order valence-electron chi connectivity index (χ4n) is 10.3. The fourth-order valence-corrected chi connectivity index (χ4v) is 10.3. The average molecular weight is 1140 g/mol. The molecule has 0 aromatic carbocycles. The second-order valence-electron chi connectivity index (χ2n) is 23.8. The molecule has 0 spiro atoms. The molecule has 0 N–H and O–H groups in total. The molecule has 0 heterocycles. The normalized spacial score (nSPS) is 12.6. The molecule has 0 aromatic heterocycles. The third-order valence-corrected chi connectivity index (χ3v) is 15.6. The van der Waals surface area contributed by atoms with Crippen LogP contribution in [0.2, 0.25) is 0 Å². The van der Waals surface area contributed by atoms with E-state index in [4.69, 9.17) is 14.2 Å². The lowest BCUT2D eigenvalue weighted by molar-refractivity contribution is -0.167. The highest BCUT2D eigenvalue weighted by molar-refractivity contribution is 5.71. The number of allylic oxidation sites excluding steroid dienone is 14. The van der Waals surface area contributed by atoms with Crippen molar-refractivity contribution < 1.29 is 28.6 Å². The molecule has 1 unspecified atom stereocenters. The first-order valence-electron chi connectivity index (χ1n) is 35.6. The Balaban J connectivity index is 4.24. The lowest BCUT2D eigenvalue weighted by atomic mass is 10.0. The SMILES string of the molecule is CC/C=C\C/C=C\C/C=C\C/C=C\CCCCC(=O)OCC(COC(=O)CCCCCCCCCCCCCCCCCCCCC/C=C\C/C=C\CCCCCCC)OC(=O)CCCCCCCCC/C=C\CCCCCCCCC. The second-order valence-corrected chi connectivity index (χ2v) is 23.8. The van der Waals surface area contributed by atoms with Crippen molar-refractivity contribution in [2.75, 3.05) is 13.2 Å². The summed E-state index contributed by atoms with van der Waals surface area (Å²) in [4.78, 5) is 38.4. The van der Waals surface area contributed by atoms with E-state index in [9.17, 15) is 14.4 Å². The van der Waals surface area contributed by atoms with Crippen molar-refractivity contribution in [1.29, 1.82) is 0 Å². The minimum Gasteiger partial charge on any atom is -0.462 e. The summed E-state index contributed by atoms with van der Waals surface area (Å²) in [5.74, 6) is -0.919. The zero-order valence-electron chi connectivity index (χ0n) is 54.5. The van der Waals surface area contributed by atoms with Crippen LogP contribution in [0.15, 0.2) is 85.1 Å². The number of carbonyl (C=O) groups excluding carboxylic acids is 3. The highest BCUT2D eigenvalue weighted by atomic mass is 16.6. The standard InChI is InChI=1S/C76H134O6/c1-4-7-10-13-16-19-22-25-28-30-32-33-34-35-36-37-38-39-40-41-42-43-44-46-48-51-54-57-60-63-66-69-75(78)81-72-73(71-80-74(77)68-65-62-59-56-53-50-47-27-24-21-18-15-12-9-6-3)82-76(79)70-67-64-61-58-55-52-49-45-31-29-26-23-20-17-14-11-8-5-2/h9,12,18,21-22,25,27,29-32,47,53,56,73H,4-8,10-11,13-17,19-20,23-24,26,28,33-46,48-52,54-55,57-72H2,1-3H3/b12-9-,21-18-,25-22-,31-29-,32-30-,47-27-,56-53-. The van der Waals surface area contributed by atoms with Gasteiger partial charge in [-0.25, -0.2) is 0 Å². The molecule has 0 saturated heterocycles. The quantitative estimate of drug-likeness (QED) is 0.0261. The van der Waals surface area contributed by atoms with E-state index in [1.807, 2.05) is 0 Å². The molecule has 0 amide bonds. The van der Waals surface area contributed by atoms with Gasteiger partial charge in [-0.2, -0.15) is 0 Å². The van der Waals surface area contributed by atoms with E-state index in [1.165, 1.54) is 231 Å². The van der Waals surface area contributed by atoms with E-state index in [0.717, 1.165) is 89.9 Å². The Labute approximate surface area is 509 Å². The Morgan fingerprint density at radius 3 is 0.780 bits per heavy atom. The predicted octanol–water partition coefficient (Wildman–Crippen LogP) is 24.6. The van der Waals surface area contributed by atoms with Crippen LogP contribution in [0, 0.1) is 0 Å². The summed E-state index contributed by atoms with van der Waals surface area (Å²) in [5.41, 5.74) is 0. The van der Waals surface area contributed by atoms with Crippen LogP contribution in [0.3, 0.4) is 0 Å². The number of esters is 3. The van der Waals surface area contributed by atoms with E-state index in [0.29, 0.717) is 19.3 Å². The summed E-state index contributed by atoms with van der Waals surface area (Å²) in [6, 6.07) is 0. The molecule has 0 aliphatic carbocycles. The third-order valence-electron chi connectivity index (χ3n) is 15.6. The first kappa shape index (κ1) is 78.6. The van der Waals surface area contributed by atoms with Gasteiger partial charge in [0.1, 0.15) is 13.2 Å². The maximum Gasteiger partial charge on any atom is 0.306 e. The van der Waals surface area contributed by atoms with Gasteiger partial charge in [0, 0.05) is 19.3 Å². The topological polar surface area (TPSA) is 78.9 Å². The Hall–Kier alpha value is -3.41. The van der Waals surface area contributed by atoms with Gasteiger partial charge in [0.05, 0.1) is 0 Å². The molecule has 0 aromatic rings. The van der Waals surface area contributed by atoms with E-state index in [1.54, 1.807) is 0 Å². The first-order valence-corrected chi connectivity index (χ1v) is 35.6. The molecule has 1 atom stereocenters. The lowest BCUT2D eigenvalue weighted by Gasteiger charge is -2.18. The van der Waals surface area contributed by atoms with Crippen molar-refractivity contribution in [2.24, 2.45) is 0 Å². The molecular formula is C76H134O6. The van der Waals surface area contributed by atoms with Gasteiger partial charge in [0.25, 0.3) is 0 Å². The average Bonchev–Trinajstić information content (AvgIpc) is 3.47. The van der Waals surface area contributed by atoms with Crippen LogP contribution in [-0.4, -0.2) is 37.2 Å². The molecule has 6 nitrogen and oxygen atoms in total. The molecule has 0 saturated carbocycles. The summed E-state index contributed by atoms with van der Waals surface area (Å²) in [7, 11) is 0. The summed E-state index contributed by atoms with van der Waals surface area (Å²) < 4.78 is 16.9. The van der Waals surface area contributed by atoms with Crippen LogP contribution in [0.4, 0.5) is 0 Å². The van der Waals surface area contributed by atoms with Crippen LogP contribution in [0.25, 0.3) is 0 Å². The van der Waals surface area contributed by atoms with Crippen LogP contribution < -0.4 is 0 Å². The first-order chi connectivity index (χ1) is 40.5. The van der Waals surface area contributed by atoms with E-state index in [2.05, 4.69) is 106 Å². The van der Waals surface area contributed by atoms with Gasteiger partial charge in [-0.05, 0) is 116 Å². The van der Waals surface area contributed by atoms with E-state index >= 15 is 0 Å². The highest BCUT2D eigenvalue weighted by Gasteiger charge is 2.19. The number of hydrogen-bond donors (Lipinski definition) is 0. The molecule has 0 fully saturated rings. The molecule has 0 bridgehead atoms. The van der Waals surface area contributed by atoms with Crippen LogP contribution in [0.5, 0.6) is 0 Å². The Bertz CT molecular complexity index is 1550. The molecule has 82 heavy (non-hydrogen) atoms. The second kappa shape index (κ2) is 70.1. The Morgan fingerprint density at radius 2 is 0.476 bits per heavy atom. The molecule has 0 rings (SSSR count). The zero-order chi connectivity index (χ0) is 59.2. The van der Waals surface area contributed by atoms with E-state index in [-0.39, 0.29) is 31.1 Å². The summed E-state index contributed by atoms with van der Waals surface area (Å²) >= 11 is 0. The van der Waals surface area contributed by atoms with Gasteiger partial charge < -0.3 is 14.2 Å². The molecule has 0 radical (unpaired) electrons. The zero-order valence-corrected chi connectivity index (χ0v) is 54.5. The van der Waals surface area contributed by atoms with Gasteiger partial charge in [-0.3, -0.25) is 14.4 Å². The number of rotatable bonds is 65. The minimum absolute atomic E-state index is 0.0885. The molecule has 0 aliphatic rings. The van der Waals surface area contributed by atoms with Crippen LogP contribution in [-0.2, 0) is 28.6 Å². The van der Waals surface area contributed by atoms with Crippen molar-refractivity contribution in [1.82, 2.24) is 0 Å². The summed E-state index contributed by atoms with van der Waals surface area (Å²) in [6.07, 6.45) is 93.4. The smallest absolute Gasteiger partial charge is 0.306 e. The van der Waals surface area contributed by atoms with Gasteiger partial charge in [-0.15, -0.1) is 0 Å². The summed E-state index contributed by atoms with van der Waals surface area (Å²) in [5, 5.41) is 0. The Morgan fingerprint density at radius 1 is 0.256 bits per heavy atom. The van der Waals surface area contributed by atoms with Gasteiger partial charge in [0.2, 0.25) is 0 Å². The van der Waals surface area contributed by atoms with Crippen LogP contribution in [0.1, 0.15) is 361 Å². The molecule has 6 heteroatoms. The highest BCUT2D eigenvalue weighted by Crippen LogP contribution is 2.17.